The van der Waals surface area contributed by atoms with E-state index in [1.807, 2.05) is 12.1 Å². The van der Waals surface area contributed by atoms with E-state index in [0.29, 0.717) is 0 Å². The summed E-state index contributed by atoms with van der Waals surface area (Å²) < 4.78 is 5.52. The second-order valence-corrected chi connectivity index (χ2v) is 9.36. The molecule has 23 heavy (non-hydrogen) atoms. The summed E-state index contributed by atoms with van der Waals surface area (Å²) in [6.07, 6.45) is 0. The van der Waals surface area contributed by atoms with Crippen LogP contribution in [0.5, 0.6) is 0 Å². The Hall–Kier alpha value is 0.310. The van der Waals surface area contributed by atoms with E-state index < -0.39 is 0 Å². The Morgan fingerprint density at radius 1 is 0.522 bits per heavy atom. The summed E-state index contributed by atoms with van der Waals surface area (Å²) in [6.45, 7) is 0. The summed E-state index contributed by atoms with van der Waals surface area (Å²) in [4.78, 5) is 0. The van der Waals surface area contributed by atoms with E-state index in [-0.39, 0.29) is 0 Å². The van der Waals surface area contributed by atoms with Crippen LogP contribution in [0.15, 0.2) is 72.5 Å². The van der Waals surface area contributed by atoms with Gasteiger partial charge in [0.1, 0.15) is 0 Å². The maximum atomic E-state index is 3.68. The molecular formula is C18H9Br4I. The van der Waals surface area contributed by atoms with E-state index in [4.69, 9.17) is 0 Å². The number of hydrogen-bond acceptors (Lipinski definition) is 0. The van der Waals surface area contributed by atoms with Crippen LogP contribution < -0.4 is 0 Å². The lowest BCUT2D eigenvalue weighted by Gasteiger charge is -2.15. The molecule has 0 aliphatic rings. The van der Waals surface area contributed by atoms with E-state index in [2.05, 4.69) is 129 Å². The van der Waals surface area contributed by atoms with Gasteiger partial charge in [-0.2, -0.15) is 0 Å². The summed E-state index contributed by atoms with van der Waals surface area (Å²) in [5.41, 5.74) is 4.74. The van der Waals surface area contributed by atoms with Gasteiger partial charge in [-0.15, -0.1) is 0 Å². The van der Waals surface area contributed by atoms with Gasteiger partial charge in [0.2, 0.25) is 0 Å². The summed E-state index contributed by atoms with van der Waals surface area (Å²) in [7, 11) is 0. The molecule has 0 N–H and O–H groups in total. The highest BCUT2D eigenvalue weighted by Gasteiger charge is 2.16. The van der Waals surface area contributed by atoms with E-state index in [0.717, 1.165) is 17.9 Å². The van der Waals surface area contributed by atoms with Crippen molar-refractivity contribution < 1.29 is 0 Å². The van der Waals surface area contributed by atoms with Crippen molar-refractivity contribution in [2.75, 3.05) is 0 Å². The van der Waals surface area contributed by atoms with Gasteiger partial charge in [0, 0.05) is 32.6 Å². The number of rotatable bonds is 2. The molecule has 0 atom stereocenters. The molecule has 0 aliphatic carbocycles. The second kappa shape index (κ2) is 7.68. The first-order chi connectivity index (χ1) is 11.0. The van der Waals surface area contributed by atoms with E-state index >= 15 is 0 Å². The van der Waals surface area contributed by atoms with Crippen molar-refractivity contribution in [1.29, 1.82) is 0 Å². The Bertz CT molecular complexity index is 780. The normalized spacial score (nSPS) is 10.8. The molecular weight excluding hydrogens is 663 g/mol. The monoisotopic (exact) mass is 668 g/mol. The smallest absolute Gasteiger partial charge is 0.0288 e. The minimum absolute atomic E-state index is 1.08. The molecule has 0 heterocycles. The van der Waals surface area contributed by atoms with Crippen molar-refractivity contribution in [2.24, 2.45) is 0 Å². The third-order valence-corrected chi connectivity index (χ3v) is 7.27. The summed E-state index contributed by atoms with van der Waals surface area (Å²) in [5.74, 6) is 0. The lowest BCUT2D eigenvalue weighted by Crippen LogP contribution is -1.92. The Kier molecular flexibility index (Phi) is 6.05. The lowest BCUT2D eigenvalue weighted by molar-refractivity contribution is 1.49. The minimum atomic E-state index is 1.08. The Morgan fingerprint density at radius 3 is 1.17 bits per heavy atom. The molecule has 0 radical (unpaired) electrons. The van der Waals surface area contributed by atoms with Crippen molar-refractivity contribution in [3.8, 4) is 22.3 Å². The molecule has 0 aliphatic heterocycles. The molecule has 0 spiro atoms. The van der Waals surface area contributed by atoms with Crippen LogP contribution >= 0.6 is 86.3 Å². The first-order valence-corrected chi connectivity index (χ1v) is 10.9. The first kappa shape index (κ1) is 18.1. The van der Waals surface area contributed by atoms with Gasteiger partial charge in [0.15, 0.2) is 0 Å². The molecule has 0 fully saturated rings. The summed E-state index contributed by atoms with van der Waals surface area (Å²) in [5, 5.41) is 0. The largest absolute Gasteiger partial charge is 0.0610 e. The van der Waals surface area contributed by atoms with Gasteiger partial charge in [-0.05, 0) is 58.0 Å². The number of hydrogen-bond donors (Lipinski definition) is 0. The molecule has 0 saturated carbocycles. The number of benzene rings is 3. The van der Waals surface area contributed by atoms with Crippen molar-refractivity contribution in [1.82, 2.24) is 0 Å². The van der Waals surface area contributed by atoms with Gasteiger partial charge in [-0.3, -0.25) is 0 Å². The Labute approximate surface area is 182 Å². The molecule has 0 bridgehead atoms. The van der Waals surface area contributed by atoms with E-state index in [9.17, 15) is 0 Å². The predicted molar refractivity (Wildman–Crippen MR) is 121 cm³/mol. The van der Waals surface area contributed by atoms with Crippen LogP contribution in [0.3, 0.4) is 0 Å². The van der Waals surface area contributed by atoms with Gasteiger partial charge in [0.05, 0.1) is 0 Å². The average molecular weight is 672 g/mol. The van der Waals surface area contributed by atoms with Crippen LogP contribution in [0, 0.1) is 3.57 Å². The molecule has 0 aromatic heterocycles. The topological polar surface area (TPSA) is 0 Å². The van der Waals surface area contributed by atoms with Crippen LogP contribution in [0.2, 0.25) is 0 Å². The van der Waals surface area contributed by atoms with Crippen LogP contribution in [-0.2, 0) is 0 Å². The zero-order valence-corrected chi connectivity index (χ0v) is 20.1. The predicted octanol–water partition coefficient (Wildman–Crippen LogP) is 8.68. The zero-order chi connectivity index (χ0) is 16.6. The Balaban J connectivity index is 2.29. The average Bonchev–Trinajstić information content (AvgIpc) is 2.50. The molecule has 3 aromatic carbocycles. The third-order valence-electron chi connectivity index (χ3n) is 3.46. The van der Waals surface area contributed by atoms with Crippen LogP contribution in [0.25, 0.3) is 22.3 Å². The highest BCUT2D eigenvalue weighted by atomic mass is 127. The van der Waals surface area contributed by atoms with Crippen molar-refractivity contribution in [2.45, 2.75) is 0 Å². The fraction of sp³-hybridized carbons (Fsp3) is 0. The molecule has 0 nitrogen and oxygen atoms in total. The minimum Gasteiger partial charge on any atom is -0.0610 e. The SMILES string of the molecule is Brc1cccc(Br)c1-c1cccc(-c2c(Br)cccc2Br)c1I. The van der Waals surface area contributed by atoms with Crippen LogP contribution in [0.4, 0.5) is 0 Å². The molecule has 0 saturated heterocycles. The maximum Gasteiger partial charge on any atom is 0.0288 e. The van der Waals surface area contributed by atoms with Crippen LogP contribution in [0.1, 0.15) is 0 Å². The zero-order valence-electron chi connectivity index (χ0n) is 11.6. The fourth-order valence-corrected chi connectivity index (χ4v) is 6.18. The van der Waals surface area contributed by atoms with Gasteiger partial charge in [0.25, 0.3) is 0 Å². The highest BCUT2D eigenvalue weighted by Crippen LogP contribution is 2.43. The third kappa shape index (κ3) is 3.64. The fourth-order valence-electron chi connectivity index (χ4n) is 2.43. The molecule has 3 aromatic rings. The Morgan fingerprint density at radius 2 is 0.826 bits per heavy atom. The van der Waals surface area contributed by atoms with E-state index in [1.165, 1.54) is 25.8 Å². The highest BCUT2D eigenvalue weighted by molar-refractivity contribution is 14.1. The van der Waals surface area contributed by atoms with E-state index in [1.54, 1.807) is 0 Å². The molecule has 5 heteroatoms. The second-order valence-electron chi connectivity index (χ2n) is 4.86. The molecule has 0 amide bonds. The maximum absolute atomic E-state index is 3.68. The molecule has 116 valence electrons. The molecule has 3 rings (SSSR count). The van der Waals surface area contributed by atoms with Gasteiger partial charge < -0.3 is 0 Å². The van der Waals surface area contributed by atoms with Crippen LogP contribution in [-0.4, -0.2) is 0 Å². The molecule has 0 unspecified atom stereocenters. The number of halogens is 5. The van der Waals surface area contributed by atoms with Crippen molar-refractivity contribution >= 4 is 86.3 Å². The first-order valence-electron chi connectivity index (χ1n) is 6.68. The quantitative estimate of drug-likeness (QED) is 0.239. The van der Waals surface area contributed by atoms with Gasteiger partial charge >= 0.3 is 0 Å². The van der Waals surface area contributed by atoms with Gasteiger partial charge in [-0.1, -0.05) is 94.1 Å². The van der Waals surface area contributed by atoms with Crippen molar-refractivity contribution in [3.05, 3.63) is 76.1 Å². The van der Waals surface area contributed by atoms with Gasteiger partial charge in [-0.25, -0.2) is 0 Å². The summed E-state index contributed by atoms with van der Waals surface area (Å²) in [6, 6.07) is 18.7. The van der Waals surface area contributed by atoms with Crippen molar-refractivity contribution in [3.63, 3.8) is 0 Å². The summed E-state index contributed by atoms with van der Waals surface area (Å²) >= 11 is 17.1. The standard InChI is InChI=1S/C18H9Br4I/c19-12-6-2-7-13(20)16(12)10-4-1-5-11(18(10)23)17-14(21)8-3-9-15(17)22/h1-9H. The lowest BCUT2D eigenvalue weighted by atomic mass is 9.99.